The smallest absolute Gasteiger partial charge is 0.258 e. The first-order chi connectivity index (χ1) is 9.92. The van der Waals surface area contributed by atoms with Crippen LogP contribution in [-0.2, 0) is 0 Å². The number of rotatable bonds is 3. The highest BCUT2D eigenvalue weighted by Crippen LogP contribution is 2.22. The third kappa shape index (κ3) is 3.07. The van der Waals surface area contributed by atoms with E-state index in [-0.39, 0.29) is 11.4 Å². The molecule has 0 unspecified atom stereocenters. The molecule has 2 aromatic carbocycles. The summed E-state index contributed by atoms with van der Waals surface area (Å²) in [6.45, 7) is 0. The van der Waals surface area contributed by atoms with E-state index in [1.54, 1.807) is 0 Å². The first kappa shape index (κ1) is 14.7. The fraction of sp³-hybridized carbons (Fsp3) is 0.0714. The number of carbonyl (C=O) groups excluding carboxylic acids is 1. The Morgan fingerprint density at radius 3 is 2.52 bits per heavy atom. The lowest BCUT2D eigenvalue weighted by atomic mass is 10.1. The molecule has 2 aromatic rings. The third-order valence-electron chi connectivity index (χ3n) is 2.72. The number of ether oxygens (including phenoxy) is 1. The van der Waals surface area contributed by atoms with Gasteiger partial charge in [0, 0.05) is 11.8 Å². The Kier molecular flexibility index (Phi) is 4.02. The van der Waals surface area contributed by atoms with Gasteiger partial charge in [-0.1, -0.05) is 0 Å². The van der Waals surface area contributed by atoms with Crippen molar-refractivity contribution in [1.29, 1.82) is 0 Å². The SMILES string of the molecule is COc1ccc(NC(=O)c2cc(F)cc(N)c2F)cc1F. The summed E-state index contributed by atoms with van der Waals surface area (Å²) < 4.78 is 45.1. The van der Waals surface area contributed by atoms with Gasteiger partial charge in [0.1, 0.15) is 5.82 Å². The molecular formula is C14H11F3N2O2. The second-order valence-corrected chi connectivity index (χ2v) is 4.16. The predicted molar refractivity (Wildman–Crippen MR) is 71.7 cm³/mol. The van der Waals surface area contributed by atoms with Gasteiger partial charge < -0.3 is 15.8 Å². The van der Waals surface area contributed by atoms with E-state index in [0.717, 1.165) is 12.1 Å². The van der Waals surface area contributed by atoms with Crippen LogP contribution in [0, 0.1) is 17.5 Å². The molecule has 0 aliphatic carbocycles. The molecule has 7 heteroatoms. The number of hydrogen-bond donors (Lipinski definition) is 2. The van der Waals surface area contributed by atoms with Crippen molar-refractivity contribution in [2.45, 2.75) is 0 Å². The quantitative estimate of drug-likeness (QED) is 0.856. The van der Waals surface area contributed by atoms with E-state index in [1.165, 1.54) is 19.2 Å². The minimum Gasteiger partial charge on any atom is -0.494 e. The molecule has 21 heavy (non-hydrogen) atoms. The number of anilines is 2. The van der Waals surface area contributed by atoms with Gasteiger partial charge in [0.25, 0.3) is 5.91 Å². The summed E-state index contributed by atoms with van der Waals surface area (Å²) in [6.07, 6.45) is 0. The Labute approximate surface area is 118 Å². The number of nitrogens with two attached hydrogens (primary N) is 1. The normalized spacial score (nSPS) is 10.3. The second-order valence-electron chi connectivity index (χ2n) is 4.16. The second kappa shape index (κ2) is 5.74. The Morgan fingerprint density at radius 2 is 1.90 bits per heavy atom. The van der Waals surface area contributed by atoms with Crippen molar-refractivity contribution in [3.05, 3.63) is 53.3 Å². The van der Waals surface area contributed by atoms with Crippen molar-refractivity contribution in [1.82, 2.24) is 0 Å². The van der Waals surface area contributed by atoms with Crippen molar-refractivity contribution in [2.75, 3.05) is 18.2 Å². The number of hydrogen-bond acceptors (Lipinski definition) is 3. The molecule has 0 aromatic heterocycles. The molecule has 0 bridgehead atoms. The molecular weight excluding hydrogens is 285 g/mol. The monoisotopic (exact) mass is 296 g/mol. The zero-order chi connectivity index (χ0) is 15.6. The number of benzene rings is 2. The molecule has 1 amide bonds. The minimum atomic E-state index is -1.04. The summed E-state index contributed by atoms with van der Waals surface area (Å²) >= 11 is 0. The van der Waals surface area contributed by atoms with E-state index in [9.17, 15) is 18.0 Å². The molecule has 0 spiro atoms. The number of nitrogen functional groups attached to an aromatic ring is 1. The van der Waals surface area contributed by atoms with Crippen LogP contribution in [0.3, 0.4) is 0 Å². The van der Waals surface area contributed by atoms with Gasteiger partial charge >= 0.3 is 0 Å². The lowest BCUT2D eigenvalue weighted by Gasteiger charge is -2.09. The summed E-state index contributed by atoms with van der Waals surface area (Å²) in [5.41, 5.74) is 4.26. The average molecular weight is 296 g/mol. The lowest BCUT2D eigenvalue weighted by molar-refractivity contribution is 0.102. The highest BCUT2D eigenvalue weighted by atomic mass is 19.1. The number of methoxy groups -OCH3 is 1. The average Bonchev–Trinajstić information content (AvgIpc) is 2.43. The van der Waals surface area contributed by atoms with E-state index in [1.807, 2.05) is 0 Å². The van der Waals surface area contributed by atoms with Crippen LogP contribution < -0.4 is 15.8 Å². The van der Waals surface area contributed by atoms with Crippen molar-refractivity contribution in [3.63, 3.8) is 0 Å². The maximum Gasteiger partial charge on any atom is 0.258 e. The van der Waals surface area contributed by atoms with Gasteiger partial charge in [-0.15, -0.1) is 0 Å². The van der Waals surface area contributed by atoms with Gasteiger partial charge in [0.15, 0.2) is 17.4 Å². The molecule has 0 fully saturated rings. The minimum absolute atomic E-state index is 0.00539. The van der Waals surface area contributed by atoms with Crippen LogP contribution in [0.4, 0.5) is 24.5 Å². The summed E-state index contributed by atoms with van der Waals surface area (Å²) in [5, 5.41) is 2.25. The van der Waals surface area contributed by atoms with Crippen LogP contribution in [-0.4, -0.2) is 13.0 Å². The largest absolute Gasteiger partial charge is 0.494 e. The Hall–Kier alpha value is -2.70. The number of halogens is 3. The molecule has 0 aliphatic heterocycles. The standard InChI is InChI=1S/C14H11F3N2O2/c1-21-12-3-2-8(6-10(12)16)19-14(20)9-4-7(15)5-11(18)13(9)17/h2-6H,18H2,1H3,(H,19,20). The summed E-state index contributed by atoms with van der Waals surface area (Å²) in [7, 11) is 1.29. The third-order valence-corrected chi connectivity index (χ3v) is 2.72. The van der Waals surface area contributed by atoms with Crippen molar-refractivity contribution in [2.24, 2.45) is 0 Å². The maximum atomic E-state index is 13.7. The molecule has 0 saturated carbocycles. The summed E-state index contributed by atoms with van der Waals surface area (Å²) in [4.78, 5) is 11.9. The molecule has 0 radical (unpaired) electrons. The van der Waals surface area contributed by atoms with E-state index in [2.05, 4.69) is 5.32 Å². The van der Waals surface area contributed by atoms with Crippen LogP contribution >= 0.6 is 0 Å². The topological polar surface area (TPSA) is 64.3 Å². The summed E-state index contributed by atoms with van der Waals surface area (Å²) in [6, 6.07) is 5.12. The van der Waals surface area contributed by atoms with E-state index in [0.29, 0.717) is 6.07 Å². The van der Waals surface area contributed by atoms with Gasteiger partial charge in [-0.2, -0.15) is 0 Å². The van der Waals surface area contributed by atoms with Crippen LogP contribution in [0.2, 0.25) is 0 Å². The van der Waals surface area contributed by atoms with Gasteiger partial charge in [-0.25, -0.2) is 13.2 Å². The zero-order valence-electron chi connectivity index (χ0n) is 10.9. The van der Waals surface area contributed by atoms with Gasteiger partial charge in [0.2, 0.25) is 0 Å². The van der Waals surface area contributed by atoms with Crippen LogP contribution in [0.1, 0.15) is 10.4 Å². The highest BCUT2D eigenvalue weighted by molar-refractivity contribution is 6.05. The first-order valence-corrected chi connectivity index (χ1v) is 5.81. The van der Waals surface area contributed by atoms with Gasteiger partial charge in [0.05, 0.1) is 18.4 Å². The molecule has 0 saturated heterocycles. The van der Waals surface area contributed by atoms with Crippen molar-refractivity contribution in [3.8, 4) is 5.75 Å². The fourth-order valence-electron chi connectivity index (χ4n) is 1.72. The Morgan fingerprint density at radius 1 is 1.19 bits per heavy atom. The van der Waals surface area contributed by atoms with Gasteiger partial charge in [-0.3, -0.25) is 4.79 Å². The molecule has 4 nitrogen and oxygen atoms in total. The predicted octanol–water partition coefficient (Wildman–Crippen LogP) is 2.95. The fourth-order valence-corrected chi connectivity index (χ4v) is 1.72. The Balaban J connectivity index is 2.28. The van der Waals surface area contributed by atoms with Crippen LogP contribution in [0.5, 0.6) is 5.75 Å². The number of amides is 1. The molecule has 0 atom stereocenters. The van der Waals surface area contributed by atoms with Crippen molar-refractivity contribution < 1.29 is 22.7 Å². The molecule has 110 valence electrons. The van der Waals surface area contributed by atoms with E-state index < -0.39 is 34.6 Å². The van der Waals surface area contributed by atoms with E-state index in [4.69, 9.17) is 10.5 Å². The lowest BCUT2D eigenvalue weighted by Crippen LogP contribution is -2.15. The number of carbonyl (C=O) groups is 1. The first-order valence-electron chi connectivity index (χ1n) is 5.81. The number of nitrogens with one attached hydrogen (secondary N) is 1. The van der Waals surface area contributed by atoms with Crippen molar-refractivity contribution >= 4 is 17.3 Å². The molecule has 0 heterocycles. The van der Waals surface area contributed by atoms with Crippen LogP contribution in [0.15, 0.2) is 30.3 Å². The highest BCUT2D eigenvalue weighted by Gasteiger charge is 2.17. The Bertz CT molecular complexity index is 705. The molecule has 2 rings (SSSR count). The maximum absolute atomic E-state index is 13.7. The molecule has 0 aliphatic rings. The van der Waals surface area contributed by atoms with E-state index >= 15 is 0 Å². The molecule has 3 N–H and O–H groups in total. The van der Waals surface area contributed by atoms with Gasteiger partial charge in [-0.05, 0) is 24.3 Å². The summed E-state index contributed by atoms with van der Waals surface area (Å²) in [5.74, 6) is -3.53. The van der Waals surface area contributed by atoms with Crippen LogP contribution in [0.25, 0.3) is 0 Å². The zero-order valence-corrected chi connectivity index (χ0v) is 10.9.